The molecular weight excluding hydrogens is 400 g/mol. The van der Waals surface area contributed by atoms with E-state index in [1.807, 2.05) is 0 Å². The number of hydrogen-bond acceptors (Lipinski definition) is 3. The van der Waals surface area contributed by atoms with Crippen LogP contribution in [0.15, 0.2) is 0 Å². The summed E-state index contributed by atoms with van der Waals surface area (Å²) in [6, 6.07) is 0. The van der Waals surface area contributed by atoms with Crippen molar-refractivity contribution in [3.63, 3.8) is 0 Å². The standard InChI is InChI=1S/C28H54O4/c1-4-6-8-10-12-14-16-18-20-22-24-28(26(29)30,27(31)32-3)25-23-21-19-17-15-13-11-9-7-5-2/h4-25H2,1-3H3,(H,29,30). The van der Waals surface area contributed by atoms with Gasteiger partial charge in [0.05, 0.1) is 7.11 Å². The Balaban J connectivity index is 4.16. The molecule has 0 aliphatic heterocycles. The first kappa shape index (κ1) is 30.9. The third-order valence-corrected chi connectivity index (χ3v) is 6.90. The highest BCUT2D eigenvalue weighted by molar-refractivity contribution is 5.99. The highest BCUT2D eigenvalue weighted by Crippen LogP contribution is 2.34. The number of carboxylic acid groups (broad SMARTS) is 1. The third kappa shape index (κ3) is 14.9. The SMILES string of the molecule is CCCCCCCCCCCCC(CCCCCCCCCCCC)(C(=O)O)C(=O)OC. The smallest absolute Gasteiger partial charge is 0.323 e. The van der Waals surface area contributed by atoms with E-state index in [2.05, 4.69) is 13.8 Å². The number of rotatable bonds is 24. The van der Waals surface area contributed by atoms with Crippen molar-refractivity contribution in [3.8, 4) is 0 Å². The molecule has 0 aliphatic carbocycles. The lowest BCUT2D eigenvalue weighted by molar-refractivity contribution is -0.168. The van der Waals surface area contributed by atoms with Gasteiger partial charge in [-0.15, -0.1) is 0 Å². The number of hydrogen-bond donors (Lipinski definition) is 1. The molecule has 4 nitrogen and oxygen atoms in total. The van der Waals surface area contributed by atoms with Gasteiger partial charge in [-0.1, -0.05) is 142 Å². The van der Waals surface area contributed by atoms with Crippen molar-refractivity contribution in [1.29, 1.82) is 0 Å². The van der Waals surface area contributed by atoms with Crippen molar-refractivity contribution < 1.29 is 19.4 Å². The van der Waals surface area contributed by atoms with E-state index in [4.69, 9.17) is 4.74 Å². The van der Waals surface area contributed by atoms with E-state index < -0.39 is 17.4 Å². The lowest BCUT2D eigenvalue weighted by Gasteiger charge is -2.26. The molecule has 0 aliphatic rings. The minimum Gasteiger partial charge on any atom is -0.480 e. The fraction of sp³-hybridized carbons (Fsp3) is 0.929. The second-order valence-electron chi connectivity index (χ2n) is 9.74. The van der Waals surface area contributed by atoms with Crippen molar-refractivity contribution in [2.45, 2.75) is 155 Å². The second kappa shape index (κ2) is 21.8. The van der Waals surface area contributed by atoms with Crippen LogP contribution in [0.3, 0.4) is 0 Å². The highest BCUT2D eigenvalue weighted by atomic mass is 16.5. The molecule has 0 fully saturated rings. The maximum absolute atomic E-state index is 12.5. The summed E-state index contributed by atoms with van der Waals surface area (Å²) in [4.78, 5) is 24.6. The third-order valence-electron chi connectivity index (χ3n) is 6.90. The van der Waals surface area contributed by atoms with Crippen LogP contribution in [0, 0.1) is 5.41 Å². The molecular formula is C28H54O4. The summed E-state index contributed by atoms with van der Waals surface area (Å²) in [6.07, 6.45) is 24.8. The predicted molar refractivity (Wildman–Crippen MR) is 135 cm³/mol. The summed E-state index contributed by atoms with van der Waals surface area (Å²) in [5, 5.41) is 9.91. The summed E-state index contributed by atoms with van der Waals surface area (Å²) in [7, 11) is 1.32. The summed E-state index contributed by atoms with van der Waals surface area (Å²) in [5.41, 5.74) is -1.35. The van der Waals surface area contributed by atoms with Gasteiger partial charge in [0.1, 0.15) is 0 Å². The minimum absolute atomic E-state index is 0.406. The number of aliphatic carboxylic acids is 1. The van der Waals surface area contributed by atoms with Crippen molar-refractivity contribution in [3.05, 3.63) is 0 Å². The summed E-state index contributed by atoms with van der Waals surface area (Å²) in [6.45, 7) is 4.48. The fourth-order valence-electron chi connectivity index (χ4n) is 4.65. The number of unbranched alkanes of at least 4 members (excludes halogenated alkanes) is 18. The monoisotopic (exact) mass is 454 g/mol. The van der Waals surface area contributed by atoms with Crippen LogP contribution >= 0.6 is 0 Å². The largest absolute Gasteiger partial charge is 0.480 e. The lowest BCUT2D eigenvalue weighted by Crippen LogP contribution is -2.40. The van der Waals surface area contributed by atoms with E-state index in [9.17, 15) is 14.7 Å². The number of carbonyl (C=O) groups excluding carboxylic acids is 1. The topological polar surface area (TPSA) is 63.6 Å². The maximum atomic E-state index is 12.5. The quantitative estimate of drug-likeness (QED) is 0.0898. The van der Waals surface area contributed by atoms with Crippen LogP contribution in [0.4, 0.5) is 0 Å². The predicted octanol–water partition coefficient (Wildman–Crippen LogP) is 8.85. The van der Waals surface area contributed by atoms with Gasteiger partial charge in [0.2, 0.25) is 0 Å². The molecule has 0 aromatic heterocycles. The van der Waals surface area contributed by atoms with Crippen LogP contribution < -0.4 is 0 Å². The molecule has 0 unspecified atom stereocenters. The Hall–Kier alpha value is -1.06. The molecule has 4 heteroatoms. The van der Waals surface area contributed by atoms with Crippen molar-refractivity contribution in [2.75, 3.05) is 7.11 Å². The molecule has 0 spiro atoms. The van der Waals surface area contributed by atoms with Crippen LogP contribution in [-0.4, -0.2) is 24.2 Å². The van der Waals surface area contributed by atoms with Gasteiger partial charge in [-0.2, -0.15) is 0 Å². The number of carboxylic acids is 1. The van der Waals surface area contributed by atoms with Gasteiger partial charge in [0.25, 0.3) is 0 Å². The van der Waals surface area contributed by atoms with Crippen LogP contribution in [0.2, 0.25) is 0 Å². The molecule has 0 amide bonds. The van der Waals surface area contributed by atoms with Gasteiger partial charge >= 0.3 is 11.9 Å². The van der Waals surface area contributed by atoms with Gasteiger partial charge < -0.3 is 9.84 Å². The van der Waals surface area contributed by atoms with E-state index in [-0.39, 0.29) is 0 Å². The second-order valence-corrected chi connectivity index (χ2v) is 9.74. The molecule has 0 atom stereocenters. The van der Waals surface area contributed by atoms with Crippen molar-refractivity contribution in [1.82, 2.24) is 0 Å². The molecule has 0 radical (unpaired) electrons. The fourth-order valence-corrected chi connectivity index (χ4v) is 4.65. The number of carbonyl (C=O) groups is 2. The molecule has 0 aromatic rings. The van der Waals surface area contributed by atoms with E-state index in [1.54, 1.807) is 0 Å². The first-order valence-electron chi connectivity index (χ1n) is 13.9. The molecule has 0 rings (SSSR count). The number of ether oxygens (including phenoxy) is 1. The first-order chi connectivity index (χ1) is 15.5. The van der Waals surface area contributed by atoms with E-state index in [0.717, 1.165) is 38.5 Å². The highest BCUT2D eigenvalue weighted by Gasteiger charge is 2.46. The van der Waals surface area contributed by atoms with Gasteiger partial charge in [0, 0.05) is 0 Å². The molecule has 0 saturated heterocycles. The number of esters is 1. The van der Waals surface area contributed by atoms with Gasteiger partial charge in [-0.25, -0.2) is 0 Å². The zero-order valence-corrected chi connectivity index (χ0v) is 21.7. The van der Waals surface area contributed by atoms with Gasteiger partial charge in [0.15, 0.2) is 5.41 Å². The molecule has 0 bridgehead atoms. The maximum Gasteiger partial charge on any atom is 0.323 e. The zero-order valence-electron chi connectivity index (χ0n) is 21.7. The van der Waals surface area contributed by atoms with Gasteiger partial charge in [-0.05, 0) is 12.8 Å². The lowest BCUT2D eigenvalue weighted by atomic mass is 9.77. The number of methoxy groups -OCH3 is 1. The van der Waals surface area contributed by atoms with Crippen molar-refractivity contribution in [2.24, 2.45) is 5.41 Å². The van der Waals surface area contributed by atoms with Crippen molar-refractivity contribution >= 4 is 11.9 Å². The Bertz CT molecular complexity index is 423. The Morgan fingerprint density at radius 1 is 0.562 bits per heavy atom. The van der Waals surface area contributed by atoms with E-state index in [1.165, 1.54) is 97.0 Å². The van der Waals surface area contributed by atoms with Crippen LogP contribution in [0.25, 0.3) is 0 Å². The summed E-state index contributed by atoms with van der Waals surface area (Å²) < 4.78 is 4.94. The van der Waals surface area contributed by atoms with Crippen LogP contribution in [0.5, 0.6) is 0 Å². The Labute approximate surface area is 199 Å². The molecule has 32 heavy (non-hydrogen) atoms. The summed E-state index contributed by atoms with van der Waals surface area (Å²) in [5.74, 6) is -1.56. The molecule has 0 heterocycles. The first-order valence-corrected chi connectivity index (χ1v) is 13.9. The Morgan fingerprint density at radius 2 is 0.844 bits per heavy atom. The Morgan fingerprint density at radius 3 is 1.09 bits per heavy atom. The normalized spacial score (nSPS) is 11.6. The Kier molecular flexibility index (Phi) is 21.0. The van der Waals surface area contributed by atoms with E-state index >= 15 is 0 Å². The molecule has 190 valence electrons. The van der Waals surface area contributed by atoms with Crippen LogP contribution in [0.1, 0.15) is 155 Å². The molecule has 1 N–H and O–H groups in total. The van der Waals surface area contributed by atoms with E-state index in [0.29, 0.717) is 12.8 Å². The summed E-state index contributed by atoms with van der Waals surface area (Å²) >= 11 is 0. The van der Waals surface area contributed by atoms with Gasteiger partial charge in [-0.3, -0.25) is 9.59 Å². The molecule has 0 saturated carbocycles. The average Bonchev–Trinajstić information content (AvgIpc) is 2.79. The zero-order chi connectivity index (χ0) is 23.9. The minimum atomic E-state index is -1.35. The molecule has 0 aromatic carbocycles. The average molecular weight is 455 g/mol. The van der Waals surface area contributed by atoms with Crippen LogP contribution in [-0.2, 0) is 14.3 Å².